The van der Waals surface area contributed by atoms with E-state index in [4.69, 9.17) is 0 Å². The van der Waals surface area contributed by atoms with E-state index in [1.165, 1.54) is 23.9 Å². The molecule has 1 amide bonds. The Balaban J connectivity index is 1.52. The highest BCUT2D eigenvalue weighted by molar-refractivity contribution is 7.99. The van der Waals surface area contributed by atoms with Gasteiger partial charge in [-0.25, -0.2) is 4.39 Å². The Bertz CT molecular complexity index is 834. The number of hydrogen-bond acceptors (Lipinski definition) is 4. The quantitative estimate of drug-likeness (QED) is 0.698. The van der Waals surface area contributed by atoms with Gasteiger partial charge in [0.1, 0.15) is 5.82 Å². The molecule has 0 radical (unpaired) electrons. The van der Waals surface area contributed by atoms with E-state index >= 15 is 0 Å². The summed E-state index contributed by atoms with van der Waals surface area (Å²) in [6, 6.07) is 11.7. The van der Waals surface area contributed by atoms with Gasteiger partial charge in [0.2, 0.25) is 5.91 Å². The van der Waals surface area contributed by atoms with E-state index in [9.17, 15) is 9.18 Å². The van der Waals surface area contributed by atoms with Crippen LogP contribution in [0, 0.1) is 5.82 Å². The molecule has 5 nitrogen and oxygen atoms in total. The molecule has 1 aromatic carbocycles. The zero-order chi connectivity index (χ0) is 16.9. The van der Waals surface area contributed by atoms with E-state index < -0.39 is 0 Å². The molecule has 0 bridgehead atoms. The van der Waals surface area contributed by atoms with Crippen molar-refractivity contribution in [3.8, 4) is 0 Å². The van der Waals surface area contributed by atoms with Gasteiger partial charge < -0.3 is 5.32 Å². The molecule has 0 saturated heterocycles. The number of hydrogen-bond donors (Lipinski definition) is 1. The molecule has 0 saturated carbocycles. The Morgan fingerprint density at radius 3 is 2.83 bits per heavy atom. The molecule has 24 heavy (non-hydrogen) atoms. The zero-order valence-electron chi connectivity index (χ0n) is 13.1. The molecule has 1 N–H and O–H groups in total. The first-order chi connectivity index (χ1) is 11.6. The van der Waals surface area contributed by atoms with E-state index in [2.05, 4.69) is 15.5 Å². The predicted molar refractivity (Wildman–Crippen MR) is 91.3 cm³/mol. The van der Waals surface area contributed by atoms with Crippen LogP contribution in [0.5, 0.6) is 0 Å². The number of rotatable bonds is 6. The van der Waals surface area contributed by atoms with Crippen molar-refractivity contribution >= 4 is 23.3 Å². The number of halogens is 1. The summed E-state index contributed by atoms with van der Waals surface area (Å²) in [4.78, 5) is 13.0. The Morgan fingerprint density at radius 1 is 1.25 bits per heavy atom. The van der Waals surface area contributed by atoms with Crippen LogP contribution in [0.15, 0.2) is 53.6 Å². The molecule has 1 atom stereocenters. The third-order valence-electron chi connectivity index (χ3n) is 3.52. The van der Waals surface area contributed by atoms with E-state index in [0.717, 1.165) is 10.5 Å². The zero-order valence-corrected chi connectivity index (χ0v) is 14.0. The summed E-state index contributed by atoms with van der Waals surface area (Å²) in [6.45, 7) is 1.88. The van der Waals surface area contributed by atoms with E-state index in [1.807, 2.05) is 35.7 Å². The summed E-state index contributed by atoms with van der Waals surface area (Å²) < 4.78 is 14.7. The Morgan fingerprint density at radius 2 is 2.04 bits per heavy atom. The first kappa shape index (κ1) is 16.4. The van der Waals surface area contributed by atoms with Crippen molar-refractivity contribution in [3.63, 3.8) is 0 Å². The van der Waals surface area contributed by atoms with Crippen LogP contribution in [0.4, 0.5) is 4.39 Å². The van der Waals surface area contributed by atoms with Gasteiger partial charge >= 0.3 is 0 Å². The topological polar surface area (TPSA) is 59.3 Å². The van der Waals surface area contributed by atoms with Gasteiger partial charge in [-0.15, -0.1) is 22.0 Å². The standard InChI is InChI=1S/C17H17FN4OS/c1-12(17-21-20-15-4-2-3-10-22(15)17)19-16(23)9-11-24-14-7-5-13(18)6-8-14/h2-8,10,12H,9,11H2,1H3,(H,19,23). The third kappa shape index (κ3) is 3.91. The summed E-state index contributed by atoms with van der Waals surface area (Å²) in [5.41, 5.74) is 0.750. The number of carbonyl (C=O) groups is 1. The van der Waals surface area contributed by atoms with Crippen molar-refractivity contribution < 1.29 is 9.18 Å². The average molecular weight is 344 g/mol. The van der Waals surface area contributed by atoms with Crippen LogP contribution < -0.4 is 5.32 Å². The van der Waals surface area contributed by atoms with Crippen LogP contribution in [0.2, 0.25) is 0 Å². The largest absolute Gasteiger partial charge is 0.346 e. The van der Waals surface area contributed by atoms with Crippen molar-refractivity contribution in [2.45, 2.75) is 24.3 Å². The number of amides is 1. The van der Waals surface area contributed by atoms with Crippen LogP contribution >= 0.6 is 11.8 Å². The average Bonchev–Trinajstić information content (AvgIpc) is 3.01. The molecule has 7 heteroatoms. The highest BCUT2D eigenvalue weighted by atomic mass is 32.2. The highest BCUT2D eigenvalue weighted by Crippen LogP contribution is 2.19. The summed E-state index contributed by atoms with van der Waals surface area (Å²) in [6.07, 6.45) is 2.25. The lowest BCUT2D eigenvalue weighted by Crippen LogP contribution is -2.28. The highest BCUT2D eigenvalue weighted by Gasteiger charge is 2.15. The van der Waals surface area contributed by atoms with E-state index in [0.29, 0.717) is 18.0 Å². The number of benzene rings is 1. The fourth-order valence-electron chi connectivity index (χ4n) is 2.33. The Kier molecular flexibility index (Phi) is 5.10. The lowest BCUT2D eigenvalue weighted by molar-refractivity contribution is -0.121. The minimum atomic E-state index is -0.258. The van der Waals surface area contributed by atoms with Gasteiger partial charge in [-0.2, -0.15) is 0 Å². The van der Waals surface area contributed by atoms with Crippen LogP contribution in [-0.2, 0) is 4.79 Å². The summed E-state index contributed by atoms with van der Waals surface area (Å²) in [7, 11) is 0. The fourth-order valence-corrected chi connectivity index (χ4v) is 3.18. The third-order valence-corrected chi connectivity index (χ3v) is 4.53. The number of carbonyl (C=O) groups excluding carboxylic acids is 1. The molecular formula is C17H17FN4OS. The molecule has 1 unspecified atom stereocenters. The van der Waals surface area contributed by atoms with Crippen molar-refractivity contribution in [2.75, 3.05) is 5.75 Å². The number of thioether (sulfide) groups is 1. The summed E-state index contributed by atoms with van der Waals surface area (Å²) in [5.74, 6) is 1.02. The Labute approximate surface area is 143 Å². The molecule has 0 aliphatic heterocycles. The molecule has 0 aliphatic carbocycles. The molecular weight excluding hydrogens is 327 g/mol. The van der Waals surface area contributed by atoms with Crippen LogP contribution in [-0.4, -0.2) is 26.3 Å². The second-order valence-corrected chi connectivity index (χ2v) is 6.50. The van der Waals surface area contributed by atoms with Crippen molar-refractivity contribution in [1.82, 2.24) is 19.9 Å². The second-order valence-electron chi connectivity index (χ2n) is 5.33. The maximum atomic E-state index is 12.8. The SMILES string of the molecule is CC(NC(=O)CCSc1ccc(F)cc1)c1nnc2ccccn12. The Hall–Kier alpha value is -2.41. The number of nitrogens with zero attached hydrogens (tertiary/aromatic N) is 3. The van der Waals surface area contributed by atoms with Crippen molar-refractivity contribution in [1.29, 1.82) is 0 Å². The van der Waals surface area contributed by atoms with Crippen LogP contribution in [0.3, 0.4) is 0 Å². The fraction of sp³-hybridized carbons (Fsp3) is 0.235. The number of pyridine rings is 1. The first-order valence-corrected chi connectivity index (χ1v) is 8.59. The molecule has 3 rings (SSSR count). The van der Waals surface area contributed by atoms with Gasteiger partial charge in [-0.1, -0.05) is 6.07 Å². The van der Waals surface area contributed by atoms with Gasteiger partial charge in [-0.3, -0.25) is 9.20 Å². The summed E-state index contributed by atoms with van der Waals surface area (Å²) >= 11 is 1.52. The van der Waals surface area contributed by atoms with Crippen LogP contribution in [0.1, 0.15) is 25.2 Å². The smallest absolute Gasteiger partial charge is 0.221 e. The molecule has 2 heterocycles. The van der Waals surface area contributed by atoms with E-state index in [-0.39, 0.29) is 17.8 Å². The van der Waals surface area contributed by atoms with Gasteiger partial charge in [0.15, 0.2) is 11.5 Å². The van der Waals surface area contributed by atoms with Crippen molar-refractivity contribution in [2.24, 2.45) is 0 Å². The maximum Gasteiger partial charge on any atom is 0.221 e. The first-order valence-electron chi connectivity index (χ1n) is 7.61. The lowest BCUT2D eigenvalue weighted by Gasteiger charge is -2.12. The normalized spacial score (nSPS) is 12.2. The van der Waals surface area contributed by atoms with Crippen LogP contribution in [0.25, 0.3) is 5.65 Å². The molecule has 0 spiro atoms. The molecule has 0 aliphatic rings. The van der Waals surface area contributed by atoms with Gasteiger partial charge in [0.25, 0.3) is 0 Å². The molecule has 2 aromatic heterocycles. The summed E-state index contributed by atoms with van der Waals surface area (Å²) in [5, 5.41) is 11.2. The minimum absolute atomic E-state index is 0.0511. The van der Waals surface area contributed by atoms with Gasteiger partial charge in [0.05, 0.1) is 6.04 Å². The minimum Gasteiger partial charge on any atom is -0.346 e. The monoisotopic (exact) mass is 344 g/mol. The van der Waals surface area contributed by atoms with E-state index in [1.54, 1.807) is 12.1 Å². The number of fused-ring (bicyclic) bond motifs is 1. The number of nitrogens with one attached hydrogen (secondary N) is 1. The van der Waals surface area contributed by atoms with Gasteiger partial charge in [-0.05, 0) is 43.3 Å². The lowest BCUT2D eigenvalue weighted by atomic mass is 10.3. The molecule has 124 valence electrons. The van der Waals surface area contributed by atoms with Gasteiger partial charge in [0, 0.05) is 23.3 Å². The molecule has 3 aromatic rings. The van der Waals surface area contributed by atoms with Crippen molar-refractivity contribution in [3.05, 3.63) is 60.3 Å². The maximum absolute atomic E-state index is 12.8. The molecule has 0 fully saturated rings. The number of aromatic nitrogens is 3. The predicted octanol–water partition coefficient (Wildman–Crippen LogP) is 3.23. The second kappa shape index (κ2) is 7.44.